The predicted molar refractivity (Wildman–Crippen MR) is 80.6 cm³/mol. The van der Waals surface area contributed by atoms with E-state index in [0.717, 1.165) is 26.0 Å². The minimum absolute atomic E-state index is 0.218. The Morgan fingerprint density at radius 1 is 0.947 bits per heavy atom. The second-order valence-corrected chi connectivity index (χ2v) is 5.76. The van der Waals surface area contributed by atoms with Gasteiger partial charge < -0.3 is 0 Å². The molecule has 3 rings (SSSR count). The van der Waals surface area contributed by atoms with Crippen molar-refractivity contribution in [2.24, 2.45) is 0 Å². The number of thiophene rings is 1. The number of hydrogen-bond acceptors (Lipinski definition) is 2. The summed E-state index contributed by atoms with van der Waals surface area (Å²) in [5.41, 5.74) is 3.24. The molecule has 0 saturated heterocycles. The first-order valence-electron chi connectivity index (χ1n) is 5.69. The first-order chi connectivity index (χ1) is 9.25. The average Bonchev–Trinajstić information content (AvgIpc) is 2.82. The minimum Gasteiger partial charge on any atom is -0.265 e. The van der Waals surface area contributed by atoms with E-state index in [1.807, 2.05) is 12.1 Å². The van der Waals surface area contributed by atoms with Crippen LogP contribution >= 0.6 is 27.3 Å². The van der Waals surface area contributed by atoms with E-state index in [1.54, 1.807) is 35.9 Å². The van der Waals surface area contributed by atoms with Gasteiger partial charge in [0, 0.05) is 32.7 Å². The quantitative estimate of drug-likeness (QED) is 0.613. The maximum atomic E-state index is 13.0. The van der Waals surface area contributed by atoms with Crippen molar-refractivity contribution in [1.29, 1.82) is 0 Å². The van der Waals surface area contributed by atoms with Gasteiger partial charge in [0.25, 0.3) is 0 Å². The van der Waals surface area contributed by atoms with Gasteiger partial charge in [-0.15, -0.1) is 11.3 Å². The Hall–Kier alpha value is -1.52. The molecule has 0 aliphatic rings. The minimum atomic E-state index is -0.218. The van der Waals surface area contributed by atoms with Crippen LogP contribution in [-0.2, 0) is 0 Å². The molecule has 0 spiro atoms. The largest absolute Gasteiger partial charge is 0.265 e. The van der Waals surface area contributed by atoms with Gasteiger partial charge in [-0.05, 0) is 51.3 Å². The van der Waals surface area contributed by atoms with E-state index in [2.05, 4.69) is 26.3 Å². The Balaban J connectivity index is 2.16. The lowest BCUT2D eigenvalue weighted by Crippen LogP contribution is -1.82. The molecule has 94 valence electrons. The molecule has 2 aromatic heterocycles. The standard InChI is InChI=1S/C15H9BrFNS/c16-13-9-19-15(11-1-3-12(17)4-2-11)14(13)10-5-7-18-8-6-10/h1-9H. The van der Waals surface area contributed by atoms with E-state index in [9.17, 15) is 4.39 Å². The molecule has 0 saturated carbocycles. The fourth-order valence-electron chi connectivity index (χ4n) is 1.94. The van der Waals surface area contributed by atoms with Crippen LogP contribution in [-0.4, -0.2) is 4.98 Å². The van der Waals surface area contributed by atoms with Crippen molar-refractivity contribution < 1.29 is 4.39 Å². The number of rotatable bonds is 2. The molecule has 0 aliphatic heterocycles. The highest BCUT2D eigenvalue weighted by atomic mass is 79.9. The summed E-state index contributed by atoms with van der Waals surface area (Å²) in [4.78, 5) is 5.16. The molecule has 0 N–H and O–H groups in total. The maximum absolute atomic E-state index is 13.0. The van der Waals surface area contributed by atoms with E-state index in [-0.39, 0.29) is 5.82 Å². The molecule has 2 heterocycles. The third-order valence-electron chi connectivity index (χ3n) is 2.82. The highest BCUT2D eigenvalue weighted by Crippen LogP contribution is 2.42. The molecular formula is C15H9BrFNS. The maximum Gasteiger partial charge on any atom is 0.123 e. The van der Waals surface area contributed by atoms with Crippen LogP contribution in [0.4, 0.5) is 4.39 Å². The molecular weight excluding hydrogens is 325 g/mol. The van der Waals surface area contributed by atoms with E-state index in [1.165, 1.54) is 12.1 Å². The summed E-state index contributed by atoms with van der Waals surface area (Å²) in [6, 6.07) is 10.5. The molecule has 4 heteroatoms. The Labute approximate surface area is 122 Å². The molecule has 1 nitrogen and oxygen atoms in total. The number of nitrogens with zero attached hydrogens (tertiary/aromatic N) is 1. The SMILES string of the molecule is Fc1ccc(-c2scc(Br)c2-c2ccncc2)cc1. The van der Waals surface area contributed by atoms with Gasteiger partial charge in [-0.3, -0.25) is 4.98 Å². The van der Waals surface area contributed by atoms with Crippen LogP contribution in [0.25, 0.3) is 21.6 Å². The number of halogens is 2. The van der Waals surface area contributed by atoms with Gasteiger partial charge in [-0.2, -0.15) is 0 Å². The van der Waals surface area contributed by atoms with Crippen LogP contribution in [0.2, 0.25) is 0 Å². The van der Waals surface area contributed by atoms with Gasteiger partial charge in [0.15, 0.2) is 0 Å². The molecule has 0 radical (unpaired) electrons. The summed E-state index contributed by atoms with van der Waals surface area (Å²) in [6.45, 7) is 0. The third kappa shape index (κ3) is 2.46. The first-order valence-corrected chi connectivity index (χ1v) is 7.36. The van der Waals surface area contributed by atoms with Crippen LogP contribution in [0, 0.1) is 5.82 Å². The number of hydrogen-bond donors (Lipinski definition) is 0. The second-order valence-electron chi connectivity index (χ2n) is 4.03. The highest BCUT2D eigenvalue weighted by molar-refractivity contribution is 9.10. The lowest BCUT2D eigenvalue weighted by atomic mass is 10.0. The van der Waals surface area contributed by atoms with Crippen LogP contribution in [0.1, 0.15) is 0 Å². The Morgan fingerprint density at radius 2 is 1.63 bits per heavy atom. The van der Waals surface area contributed by atoms with Gasteiger partial charge in [0.2, 0.25) is 0 Å². The normalized spacial score (nSPS) is 10.6. The van der Waals surface area contributed by atoms with Crippen molar-refractivity contribution in [3.63, 3.8) is 0 Å². The van der Waals surface area contributed by atoms with Crippen molar-refractivity contribution in [3.05, 3.63) is 64.5 Å². The molecule has 0 bridgehead atoms. The molecule has 3 aromatic rings. The van der Waals surface area contributed by atoms with Crippen molar-refractivity contribution >= 4 is 27.3 Å². The molecule has 0 atom stereocenters. The van der Waals surface area contributed by atoms with Crippen LogP contribution in [0.5, 0.6) is 0 Å². The van der Waals surface area contributed by atoms with Gasteiger partial charge in [0.05, 0.1) is 0 Å². The van der Waals surface area contributed by atoms with E-state index < -0.39 is 0 Å². The summed E-state index contributed by atoms with van der Waals surface area (Å²) in [6.07, 6.45) is 3.54. The number of benzene rings is 1. The molecule has 0 fully saturated rings. The summed E-state index contributed by atoms with van der Waals surface area (Å²) >= 11 is 5.22. The topological polar surface area (TPSA) is 12.9 Å². The molecule has 0 aliphatic carbocycles. The molecule has 0 amide bonds. The Kier molecular flexibility index (Phi) is 3.44. The van der Waals surface area contributed by atoms with Crippen molar-refractivity contribution in [2.75, 3.05) is 0 Å². The molecule has 0 unspecified atom stereocenters. The van der Waals surface area contributed by atoms with Crippen molar-refractivity contribution in [3.8, 4) is 21.6 Å². The average molecular weight is 334 g/mol. The summed E-state index contributed by atoms with van der Waals surface area (Å²) in [5.74, 6) is -0.218. The monoisotopic (exact) mass is 333 g/mol. The van der Waals surface area contributed by atoms with Crippen molar-refractivity contribution in [2.45, 2.75) is 0 Å². The Morgan fingerprint density at radius 3 is 2.32 bits per heavy atom. The van der Waals surface area contributed by atoms with Crippen LogP contribution in [0.3, 0.4) is 0 Å². The first kappa shape index (κ1) is 12.5. The smallest absolute Gasteiger partial charge is 0.123 e. The Bertz CT molecular complexity index is 692. The third-order valence-corrected chi connectivity index (χ3v) is 4.78. The zero-order valence-electron chi connectivity index (χ0n) is 9.81. The number of pyridine rings is 1. The van der Waals surface area contributed by atoms with Crippen LogP contribution < -0.4 is 0 Å². The zero-order valence-corrected chi connectivity index (χ0v) is 12.2. The predicted octanol–water partition coefficient (Wildman–Crippen LogP) is 5.38. The van der Waals surface area contributed by atoms with Gasteiger partial charge in [-0.25, -0.2) is 4.39 Å². The summed E-state index contributed by atoms with van der Waals surface area (Å²) in [5, 5.41) is 2.05. The zero-order chi connectivity index (χ0) is 13.2. The van der Waals surface area contributed by atoms with Gasteiger partial charge >= 0.3 is 0 Å². The van der Waals surface area contributed by atoms with E-state index in [4.69, 9.17) is 0 Å². The fraction of sp³-hybridized carbons (Fsp3) is 0. The number of aromatic nitrogens is 1. The van der Waals surface area contributed by atoms with Crippen molar-refractivity contribution in [1.82, 2.24) is 4.98 Å². The fourth-order valence-corrected chi connectivity index (χ4v) is 3.73. The lowest BCUT2D eigenvalue weighted by molar-refractivity contribution is 0.628. The lowest BCUT2D eigenvalue weighted by Gasteiger charge is -2.05. The van der Waals surface area contributed by atoms with E-state index >= 15 is 0 Å². The molecule has 19 heavy (non-hydrogen) atoms. The molecule has 1 aromatic carbocycles. The highest BCUT2D eigenvalue weighted by Gasteiger charge is 2.13. The van der Waals surface area contributed by atoms with Crippen LogP contribution in [0.15, 0.2) is 58.6 Å². The van der Waals surface area contributed by atoms with Gasteiger partial charge in [-0.1, -0.05) is 12.1 Å². The van der Waals surface area contributed by atoms with E-state index in [0.29, 0.717) is 0 Å². The second kappa shape index (κ2) is 5.23. The summed E-state index contributed by atoms with van der Waals surface area (Å²) < 4.78 is 14.1. The van der Waals surface area contributed by atoms with Gasteiger partial charge in [0.1, 0.15) is 5.82 Å². The summed E-state index contributed by atoms with van der Waals surface area (Å²) in [7, 11) is 0.